The lowest BCUT2D eigenvalue weighted by atomic mass is 9.85. The third-order valence-electron chi connectivity index (χ3n) is 7.14. The van der Waals surface area contributed by atoms with Crippen LogP contribution in [0.2, 0.25) is 0 Å². The van der Waals surface area contributed by atoms with Gasteiger partial charge < -0.3 is 19.7 Å². The number of benzene rings is 2. The van der Waals surface area contributed by atoms with Crippen LogP contribution in [0.5, 0.6) is 11.5 Å². The monoisotopic (exact) mass is 449 g/mol. The fourth-order valence-electron chi connectivity index (χ4n) is 5.53. The summed E-state index contributed by atoms with van der Waals surface area (Å²) in [6.45, 7) is 0.620. The molecule has 1 saturated carbocycles. The van der Waals surface area contributed by atoms with E-state index in [0.29, 0.717) is 18.0 Å². The Balaban J connectivity index is 1.48. The van der Waals surface area contributed by atoms with Gasteiger partial charge in [0.1, 0.15) is 6.54 Å². The topological polar surface area (TPSA) is 71.1 Å². The number of carbonyl (C=O) groups is 2. The van der Waals surface area contributed by atoms with Crippen molar-refractivity contribution in [2.24, 2.45) is 0 Å². The minimum Gasteiger partial charge on any atom is -0.493 e. The minimum atomic E-state index is -0.213. The first-order valence-electron chi connectivity index (χ1n) is 11.8. The zero-order chi connectivity index (χ0) is 22.9. The second kappa shape index (κ2) is 8.96. The molecule has 1 atom stereocenters. The van der Waals surface area contributed by atoms with E-state index in [0.717, 1.165) is 54.5 Å². The maximum atomic E-state index is 13.7. The predicted molar refractivity (Wildman–Crippen MR) is 126 cm³/mol. The Hall–Kier alpha value is -3.22. The maximum Gasteiger partial charge on any atom is 0.325 e. The van der Waals surface area contributed by atoms with E-state index >= 15 is 0 Å². The molecule has 2 aromatic rings. The van der Waals surface area contributed by atoms with Crippen molar-refractivity contribution in [1.82, 2.24) is 10.2 Å². The Morgan fingerprint density at radius 1 is 1.03 bits per heavy atom. The van der Waals surface area contributed by atoms with E-state index in [-0.39, 0.29) is 30.6 Å². The molecule has 0 saturated heterocycles. The van der Waals surface area contributed by atoms with Gasteiger partial charge in [0.15, 0.2) is 11.5 Å². The lowest BCUT2D eigenvalue weighted by molar-refractivity contribution is -0.120. The number of anilines is 1. The number of hydrogen-bond acceptors (Lipinski definition) is 4. The molecule has 2 heterocycles. The van der Waals surface area contributed by atoms with Crippen LogP contribution in [-0.4, -0.2) is 50.2 Å². The number of amides is 3. The summed E-state index contributed by atoms with van der Waals surface area (Å²) in [5, 5.41) is 3.15. The molecule has 1 N–H and O–H groups in total. The summed E-state index contributed by atoms with van der Waals surface area (Å²) >= 11 is 0. The van der Waals surface area contributed by atoms with E-state index in [1.165, 1.54) is 6.42 Å². The minimum absolute atomic E-state index is 0.0361. The second-order valence-corrected chi connectivity index (χ2v) is 9.08. The largest absolute Gasteiger partial charge is 0.493 e. The molecule has 7 nitrogen and oxygen atoms in total. The summed E-state index contributed by atoms with van der Waals surface area (Å²) in [7, 11) is 3.26. The van der Waals surface area contributed by atoms with Crippen LogP contribution >= 0.6 is 0 Å². The smallest absolute Gasteiger partial charge is 0.325 e. The molecule has 1 fully saturated rings. The normalized spacial score (nSPS) is 19.9. The molecule has 3 amide bonds. The van der Waals surface area contributed by atoms with Crippen LogP contribution < -0.4 is 19.7 Å². The van der Waals surface area contributed by atoms with Gasteiger partial charge in [-0.25, -0.2) is 4.79 Å². The molecule has 1 unspecified atom stereocenters. The van der Waals surface area contributed by atoms with Gasteiger partial charge in [-0.2, -0.15) is 0 Å². The fourth-order valence-corrected chi connectivity index (χ4v) is 5.53. The van der Waals surface area contributed by atoms with Gasteiger partial charge in [-0.1, -0.05) is 37.5 Å². The third-order valence-corrected chi connectivity index (χ3v) is 7.14. The quantitative estimate of drug-likeness (QED) is 0.748. The van der Waals surface area contributed by atoms with Crippen LogP contribution in [0.15, 0.2) is 36.4 Å². The van der Waals surface area contributed by atoms with Gasteiger partial charge in [-0.15, -0.1) is 0 Å². The lowest BCUT2D eigenvalue weighted by Crippen LogP contribution is -2.55. The standard InChI is InChI=1S/C26H31N3O4/c1-32-22-14-17-12-13-28-25(20(17)15-23(22)33-2)19-10-6-7-11-21(19)29(26(28)31)16-24(30)27-18-8-4-3-5-9-18/h6-7,10-11,14-15,18,25H,3-5,8-9,12-13,16H2,1-2H3,(H,27,30). The van der Waals surface area contributed by atoms with E-state index in [1.54, 1.807) is 19.1 Å². The zero-order valence-corrected chi connectivity index (χ0v) is 19.3. The summed E-state index contributed by atoms with van der Waals surface area (Å²) in [6, 6.07) is 11.8. The Kier molecular flexibility index (Phi) is 5.87. The van der Waals surface area contributed by atoms with Gasteiger partial charge in [0.05, 0.1) is 25.9 Å². The molecule has 0 spiro atoms. The number of para-hydroxylation sites is 1. The SMILES string of the molecule is COc1cc2c(cc1OC)C1c3ccccc3N(CC(=O)NC3CCCCC3)C(=O)N1CC2. The van der Waals surface area contributed by atoms with Crippen LogP contribution in [0.3, 0.4) is 0 Å². The average Bonchev–Trinajstić information content (AvgIpc) is 2.85. The number of carbonyl (C=O) groups excluding carboxylic acids is 2. The van der Waals surface area contributed by atoms with Crippen molar-refractivity contribution in [3.8, 4) is 11.5 Å². The van der Waals surface area contributed by atoms with E-state index in [2.05, 4.69) is 11.4 Å². The Morgan fingerprint density at radius 3 is 2.52 bits per heavy atom. The third kappa shape index (κ3) is 3.90. The number of nitrogens with zero attached hydrogens (tertiary/aromatic N) is 2. The van der Waals surface area contributed by atoms with E-state index in [9.17, 15) is 9.59 Å². The van der Waals surface area contributed by atoms with E-state index in [4.69, 9.17) is 9.47 Å². The highest BCUT2D eigenvalue weighted by molar-refractivity contribution is 6.01. The molecule has 0 bridgehead atoms. The molecule has 7 heteroatoms. The van der Waals surface area contributed by atoms with E-state index in [1.807, 2.05) is 35.2 Å². The van der Waals surface area contributed by atoms with Gasteiger partial charge in [0.25, 0.3) is 0 Å². The highest BCUT2D eigenvalue weighted by Gasteiger charge is 2.42. The van der Waals surface area contributed by atoms with Crippen LogP contribution in [-0.2, 0) is 11.2 Å². The molecule has 33 heavy (non-hydrogen) atoms. The van der Waals surface area contributed by atoms with Crippen molar-refractivity contribution in [1.29, 1.82) is 0 Å². The highest BCUT2D eigenvalue weighted by Crippen LogP contribution is 2.46. The van der Waals surface area contributed by atoms with Gasteiger partial charge in [0.2, 0.25) is 5.91 Å². The van der Waals surface area contributed by atoms with Crippen molar-refractivity contribution in [2.75, 3.05) is 32.2 Å². The maximum absolute atomic E-state index is 13.7. The first kappa shape index (κ1) is 21.6. The molecule has 3 aliphatic rings. The Morgan fingerprint density at radius 2 is 1.76 bits per heavy atom. The predicted octanol–water partition coefficient (Wildman–Crippen LogP) is 4.04. The number of ether oxygens (including phenoxy) is 2. The molecule has 2 aromatic carbocycles. The molecule has 0 aromatic heterocycles. The first-order valence-corrected chi connectivity index (χ1v) is 11.8. The van der Waals surface area contributed by atoms with Crippen LogP contribution in [0.4, 0.5) is 10.5 Å². The van der Waals surface area contributed by atoms with Gasteiger partial charge in [-0.3, -0.25) is 9.69 Å². The summed E-state index contributed by atoms with van der Waals surface area (Å²) in [6.07, 6.45) is 6.30. The number of fused-ring (bicyclic) bond motifs is 5. The first-order chi connectivity index (χ1) is 16.1. The van der Waals surface area contributed by atoms with Crippen molar-refractivity contribution < 1.29 is 19.1 Å². The Bertz CT molecular complexity index is 1060. The molecule has 0 radical (unpaired) electrons. The molecular weight excluding hydrogens is 418 g/mol. The second-order valence-electron chi connectivity index (χ2n) is 9.08. The Labute approximate surface area is 194 Å². The summed E-state index contributed by atoms with van der Waals surface area (Å²) in [4.78, 5) is 30.1. The van der Waals surface area contributed by atoms with E-state index < -0.39 is 0 Å². The van der Waals surface area contributed by atoms with Crippen LogP contribution in [0, 0.1) is 0 Å². The number of rotatable bonds is 5. The zero-order valence-electron chi connectivity index (χ0n) is 19.3. The molecule has 2 aliphatic heterocycles. The summed E-state index contributed by atoms with van der Waals surface area (Å²) < 4.78 is 11.0. The number of methoxy groups -OCH3 is 2. The van der Waals surface area contributed by atoms with Gasteiger partial charge in [-0.05, 0) is 48.6 Å². The molecular formula is C26H31N3O4. The van der Waals surface area contributed by atoms with Crippen molar-refractivity contribution in [3.05, 3.63) is 53.1 Å². The lowest BCUT2D eigenvalue weighted by Gasteiger charge is -2.45. The van der Waals surface area contributed by atoms with Gasteiger partial charge >= 0.3 is 6.03 Å². The van der Waals surface area contributed by atoms with Gasteiger partial charge in [0, 0.05) is 18.2 Å². The number of nitrogens with one attached hydrogen (secondary N) is 1. The number of urea groups is 1. The van der Waals surface area contributed by atoms with Crippen LogP contribution in [0.25, 0.3) is 0 Å². The molecule has 1 aliphatic carbocycles. The summed E-state index contributed by atoms with van der Waals surface area (Å²) in [5.74, 6) is 1.26. The van der Waals surface area contributed by atoms with Crippen molar-refractivity contribution in [2.45, 2.75) is 50.6 Å². The highest BCUT2D eigenvalue weighted by atomic mass is 16.5. The average molecular weight is 450 g/mol. The number of hydrogen-bond donors (Lipinski definition) is 1. The molecule has 5 rings (SSSR count). The molecule has 174 valence electrons. The van der Waals surface area contributed by atoms with Crippen molar-refractivity contribution in [3.63, 3.8) is 0 Å². The fraction of sp³-hybridized carbons (Fsp3) is 0.462. The van der Waals surface area contributed by atoms with Crippen LogP contribution in [0.1, 0.15) is 54.8 Å². The van der Waals surface area contributed by atoms with Crippen molar-refractivity contribution >= 4 is 17.6 Å². The summed E-state index contributed by atoms with van der Waals surface area (Å²) in [5.41, 5.74) is 4.02.